The zero-order valence-electron chi connectivity index (χ0n) is 26.5. The van der Waals surface area contributed by atoms with Crippen molar-refractivity contribution in [3.63, 3.8) is 0 Å². The molecule has 1 amide bonds. The topological polar surface area (TPSA) is 141 Å². The van der Waals surface area contributed by atoms with Crippen LogP contribution in [-0.4, -0.2) is 69.2 Å². The molecule has 44 heavy (non-hydrogen) atoms. The Morgan fingerprint density at radius 3 is 2.39 bits per heavy atom. The molecular formula is C30H42ClN7O5S. The standard InChI is InChI=1S/C30H42ClN7O5S/c1-18(2)42-25-15-21(20-11-13-38(14-12-20)29(39)43-30(5,6)7)9-10-23(25)34-28-32-16-22(31)26(35-28)33-24-17-37(8)36-27(24)44(40,41)19(3)4/h9-10,15-20H,11-14H2,1-8H3,(H2,32,33,34,35). The number of ether oxygens (including phenoxy) is 2. The van der Waals surface area contributed by atoms with Crippen molar-refractivity contribution in [2.24, 2.45) is 7.05 Å². The van der Waals surface area contributed by atoms with Gasteiger partial charge >= 0.3 is 6.09 Å². The van der Waals surface area contributed by atoms with E-state index in [1.165, 1.54) is 10.9 Å². The van der Waals surface area contributed by atoms with Gasteiger partial charge in [0.1, 0.15) is 16.4 Å². The molecule has 3 aromatic rings. The van der Waals surface area contributed by atoms with Crippen LogP contribution in [0.15, 0.2) is 35.6 Å². The minimum atomic E-state index is -3.66. The molecule has 0 aliphatic carbocycles. The van der Waals surface area contributed by atoms with E-state index < -0.39 is 20.7 Å². The lowest BCUT2D eigenvalue weighted by atomic mass is 9.89. The van der Waals surface area contributed by atoms with E-state index in [0.717, 1.165) is 18.4 Å². The number of rotatable bonds is 9. The van der Waals surface area contributed by atoms with E-state index in [9.17, 15) is 13.2 Å². The second kappa shape index (κ2) is 13.2. The third-order valence-electron chi connectivity index (χ3n) is 6.92. The minimum Gasteiger partial charge on any atom is -0.489 e. The highest BCUT2D eigenvalue weighted by molar-refractivity contribution is 7.92. The highest BCUT2D eigenvalue weighted by Crippen LogP contribution is 2.36. The van der Waals surface area contributed by atoms with E-state index in [4.69, 9.17) is 21.1 Å². The van der Waals surface area contributed by atoms with Crippen molar-refractivity contribution in [2.45, 2.75) is 89.2 Å². The summed E-state index contributed by atoms with van der Waals surface area (Å²) in [6, 6.07) is 5.98. The van der Waals surface area contributed by atoms with Crippen LogP contribution in [0.4, 0.5) is 27.9 Å². The zero-order valence-corrected chi connectivity index (χ0v) is 28.1. The van der Waals surface area contributed by atoms with Crippen molar-refractivity contribution < 1.29 is 22.7 Å². The molecule has 1 saturated heterocycles. The van der Waals surface area contributed by atoms with Gasteiger partial charge in [0.05, 0.1) is 28.9 Å². The molecule has 0 atom stereocenters. The second-order valence-corrected chi connectivity index (χ2v) is 15.2. The van der Waals surface area contributed by atoms with Gasteiger partial charge in [0.25, 0.3) is 0 Å². The van der Waals surface area contributed by atoms with E-state index in [1.807, 2.05) is 52.8 Å². The number of hydrogen-bond acceptors (Lipinski definition) is 10. The fourth-order valence-corrected chi connectivity index (χ4v) is 5.96. The molecule has 1 fully saturated rings. The Morgan fingerprint density at radius 1 is 1.09 bits per heavy atom. The number of carbonyl (C=O) groups excluding carboxylic acids is 1. The smallest absolute Gasteiger partial charge is 0.410 e. The number of sulfone groups is 1. The lowest BCUT2D eigenvalue weighted by molar-refractivity contribution is 0.0204. The molecule has 0 saturated carbocycles. The molecule has 2 aromatic heterocycles. The number of aryl methyl sites for hydroxylation is 1. The minimum absolute atomic E-state index is 0.0840. The average Bonchev–Trinajstić information content (AvgIpc) is 3.31. The van der Waals surface area contributed by atoms with Gasteiger partial charge in [0, 0.05) is 26.3 Å². The van der Waals surface area contributed by atoms with Crippen LogP contribution in [0.3, 0.4) is 0 Å². The highest BCUT2D eigenvalue weighted by Gasteiger charge is 2.29. The number of halogens is 1. The number of hydrogen-bond donors (Lipinski definition) is 2. The normalized spacial score (nSPS) is 14.7. The van der Waals surface area contributed by atoms with Gasteiger partial charge in [-0.3, -0.25) is 4.68 Å². The quantitative estimate of drug-likeness (QED) is 0.267. The van der Waals surface area contributed by atoms with Crippen LogP contribution in [0.1, 0.15) is 72.8 Å². The molecule has 14 heteroatoms. The van der Waals surface area contributed by atoms with Gasteiger partial charge in [0.2, 0.25) is 20.8 Å². The molecule has 4 rings (SSSR count). The number of anilines is 4. The molecule has 1 aromatic carbocycles. The van der Waals surface area contributed by atoms with Gasteiger partial charge in [0.15, 0.2) is 5.82 Å². The Morgan fingerprint density at radius 2 is 1.77 bits per heavy atom. The summed E-state index contributed by atoms with van der Waals surface area (Å²) in [4.78, 5) is 23.1. The average molecular weight is 648 g/mol. The van der Waals surface area contributed by atoms with Crippen molar-refractivity contribution >= 4 is 50.7 Å². The second-order valence-electron chi connectivity index (χ2n) is 12.4. The molecule has 12 nitrogen and oxygen atoms in total. The van der Waals surface area contributed by atoms with Crippen molar-refractivity contribution in [1.29, 1.82) is 0 Å². The molecule has 240 valence electrons. The van der Waals surface area contributed by atoms with Gasteiger partial charge < -0.3 is 25.0 Å². The van der Waals surface area contributed by atoms with Gasteiger partial charge in [-0.05, 0) is 84.9 Å². The van der Waals surface area contributed by atoms with Crippen LogP contribution < -0.4 is 15.4 Å². The number of nitrogens with zero attached hydrogens (tertiary/aromatic N) is 5. The Hall–Kier alpha value is -3.58. The molecular weight excluding hydrogens is 606 g/mol. The number of amides is 1. The van der Waals surface area contributed by atoms with Gasteiger partial charge in [-0.2, -0.15) is 10.1 Å². The van der Waals surface area contributed by atoms with Crippen molar-refractivity contribution in [3.8, 4) is 5.75 Å². The third kappa shape index (κ3) is 8.12. The Labute approximate surface area is 264 Å². The van der Waals surface area contributed by atoms with Gasteiger partial charge in [-0.15, -0.1) is 0 Å². The van der Waals surface area contributed by atoms with E-state index in [2.05, 4.69) is 25.7 Å². The first-order valence-electron chi connectivity index (χ1n) is 14.7. The monoisotopic (exact) mass is 647 g/mol. The molecule has 3 heterocycles. The predicted molar refractivity (Wildman–Crippen MR) is 171 cm³/mol. The lowest BCUT2D eigenvalue weighted by Crippen LogP contribution is -2.41. The summed E-state index contributed by atoms with van der Waals surface area (Å²) in [6.07, 6.45) is 4.25. The Balaban J connectivity index is 1.54. The zero-order chi connectivity index (χ0) is 32.4. The first-order chi connectivity index (χ1) is 20.5. The van der Waals surface area contributed by atoms with Crippen LogP contribution in [0, 0.1) is 0 Å². The number of nitrogens with one attached hydrogen (secondary N) is 2. The van der Waals surface area contributed by atoms with Crippen molar-refractivity contribution in [3.05, 3.63) is 41.2 Å². The van der Waals surface area contributed by atoms with Crippen LogP contribution in [0.5, 0.6) is 5.75 Å². The maximum atomic E-state index is 12.9. The summed E-state index contributed by atoms with van der Waals surface area (Å²) in [5.41, 5.74) is 1.51. The largest absolute Gasteiger partial charge is 0.489 e. The van der Waals surface area contributed by atoms with Crippen LogP contribution in [0.2, 0.25) is 5.02 Å². The van der Waals surface area contributed by atoms with Crippen molar-refractivity contribution in [2.75, 3.05) is 23.7 Å². The van der Waals surface area contributed by atoms with E-state index in [1.54, 1.807) is 32.0 Å². The molecule has 0 spiro atoms. The number of carbonyl (C=O) groups is 1. The molecule has 0 unspecified atom stereocenters. The van der Waals surface area contributed by atoms with E-state index in [-0.39, 0.29) is 45.6 Å². The molecule has 1 aliphatic heterocycles. The molecule has 0 radical (unpaired) electrons. The summed E-state index contributed by atoms with van der Waals surface area (Å²) in [7, 11) is -2.02. The fourth-order valence-electron chi connectivity index (χ4n) is 4.72. The third-order valence-corrected chi connectivity index (χ3v) is 9.27. The number of aromatic nitrogens is 4. The maximum absolute atomic E-state index is 12.9. The summed E-state index contributed by atoms with van der Waals surface area (Å²) in [5, 5.41) is 9.86. The maximum Gasteiger partial charge on any atom is 0.410 e. The molecule has 2 N–H and O–H groups in total. The number of piperidine rings is 1. The Kier molecular flexibility index (Phi) is 9.99. The molecule has 1 aliphatic rings. The fraction of sp³-hybridized carbons (Fsp3) is 0.533. The highest BCUT2D eigenvalue weighted by atomic mass is 35.5. The lowest BCUT2D eigenvalue weighted by Gasteiger charge is -2.33. The first-order valence-corrected chi connectivity index (χ1v) is 16.6. The predicted octanol–water partition coefficient (Wildman–Crippen LogP) is 6.43. The van der Waals surface area contributed by atoms with E-state index in [0.29, 0.717) is 24.5 Å². The van der Waals surface area contributed by atoms with Crippen LogP contribution in [-0.2, 0) is 21.6 Å². The summed E-state index contributed by atoms with van der Waals surface area (Å²) >= 11 is 6.40. The first kappa shape index (κ1) is 33.3. The summed E-state index contributed by atoms with van der Waals surface area (Å²) < 4.78 is 38.9. The van der Waals surface area contributed by atoms with Gasteiger partial charge in [-0.25, -0.2) is 18.2 Å². The summed E-state index contributed by atoms with van der Waals surface area (Å²) in [6.45, 7) is 13.9. The van der Waals surface area contributed by atoms with Crippen LogP contribution in [0.25, 0.3) is 0 Å². The Bertz CT molecular complexity index is 1590. The summed E-state index contributed by atoms with van der Waals surface area (Å²) in [5.74, 6) is 1.35. The number of benzene rings is 1. The number of likely N-dealkylation sites (tertiary alicyclic amines) is 1. The van der Waals surface area contributed by atoms with Crippen molar-refractivity contribution in [1.82, 2.24) is 24.6 Å². The molecule has 0 bridgehead atoms. The van der Waals surface area contributed by atoms with Gasteiger partial charge in [-0.1, -0.05) is 17.7 Å². The SMILES string of the molecule is CC(C)Oc1cc(C2CCN(C(=O)OC(C)(C)C)CC2)ccc1Nc1ncc(Cl)c(Nc2cn(C)nc2S(=O)(=O)C(C)C)n1. The van der Waals surface area contributed by atoms with Crippen LogP contribution >= 0.6 is 11.6 Å². The van der Waals surface area contributed by atoms with E-state index >= 15 is 0 Å².